The van der Waals surface area contributed by atoms with Crippen LogP contribution < -0.4 is 10.1 Å². The van der Waals surface area contributed by atoms with Crippen molar-refractivity contribution in [2.75, 3.05) is 19.0 Å². The molecule has 5 nitrogen and oxygen atoms in total. The van der Waals surface area contributed by atoms with Gasteiger partial charge in [0.05, 0.1) is 22.7 Å². The summed E-state index contributed by atoms with van der Waals surface area (Å²) in [7, 11) is 1.63. The van der Waals surface area contributed by atoms with Crippen molar-refractivity contribution in [1.29, 1.82) is 0 Å². The lowest BCUT2D eigenvalue weighted by Gasteiger charge is -2.08. The van der Waals surface area contributed by atoms with Gasteiger partial charge in [0, 0.05) is 18.7 Å². The summed E-state index contributed by atoms with van der Waals surface area (Å²) in [6.07, 6.45) is 0.817. The molecule has 0 amide bonds. The topological polar surface area (TPSA) is 64.4 Å². The van der Waals surface area contributed by atoms with Gasteiger partial charge < -0.3 is 10.1 Å². The van der Waals surface area contributed by atoms with E-state index in [1.165, 1.54) is 17.7 Å². The summed E-state index contributed by atoms with van der Waals surface area (Å²) in [5, 5.41) is 14.1. The first kappa shape index (κ1) is 15.1. The van der Waals surface area contributed by atoms with E-state index < -0.39 is 4.92 Å². The number of benzene rings is 2. The highest BCUT2D eigenvalue weighted by molar-refractivity contribution is 6.33. The molecule has 0 saturated carbocycles. The molecule has 1 N–H and O–H groups in total. The number of nitrogens with zero attached hydrogens (tertiary/aromatic N) is 1. The Bertz CT molecular complexity index is 629. The zero-order chi connectivity index (χ0) is 15.2. The molecular weight excluding hydrogens is 292 g/mol. The highest BCUT2D eigenvalue weighted by atomic mass is 35.5. The highest BCUT2D eigenvalue weighted by Gasteiger charge is 2.08. The van der Waals surface area contributed by atoms with Crippen LogP contribution in [0.3, 0.4) is 0 Å². The molecule has 2 aromatic rings. The Morgan fingerprint density at radius 2 is 1.95 bits per heavy atom. The molecular formula is C15H15ClN2O3. The monoisotopic (exact) mass is 306 g/mol. The lowest BCUT2D eigenvalue weighted by atomic mass is 10.1. The molecule has 0 saturated heterocycles. The second-order valence-corrected chi connectivity index (χ2v) is 4.85. The van der Waals surface area contributed by atoms with E-state index in [1.54, 1.807) is 13.2 Å². The fourth-order valence-electron chi connectivity index (χ4n) is 1.89. The molecule has 2 rings (SSSR count). The van der Waals surface area contributed by atoms with E-state index in [1.807, 2.05) is 24.3 Å². The molecule has 0 aliphatic carbocycles. The molecule has 0 spiro atoms. The molecule has 21 heavy (non-hydrogen) atoms. The molecule has 110 valence electrons. The first-order chi connectivity index (χ1) is 10.1. The van der Waals surface area contributed by atoms with Gasteiger partial charge in [-0.15, -0.1) is 0 Å². The minimum atomic E-state index is -0.465. The normalized spacial score (nSPS) is 10.2. The van der Waals surface area contributed by atoms with Crippen LogP contribution in [0.5, 0.6) is 5.75 Å². The van der Waals surface area contributed by atoms with Gasteiger partial charge in [-0.1, -0.05) is 23.7 Å². The van der Waals surface area contributed by atoms with Gasteiger partial charge in [0.25, 0.3) is 5.69 Å². The van der Waals surface area contributed by atoms with E-state index in [0.717, 1.165) is 12.2 Å². The van der Waals surface area contributed by atoms with E-state index in [4.69, 9.17) is 16.3 Å². The quantitative estimate of drug-likeness (QED) is 0.649. The third-order valence-electron chi connectivity index (χ3n) is 3.05. The van der Waals surface area contributed by atoms with Gasteiger partial charge in [0.1, 0.15) is 5.75 Å². The molecule has 2 aromatic carbocycles. The van der Waals surface area contributed by atoms with Crippen molar-refractivity contribution in [2.45, 2.75) is 6.42 Å². The smallest absolute Gasteiger partial charge is 0.271 e. The second-order valence-electron chi connectivity index (χ2n) is 4.45. The van der Waals surface area contributed by atoms with Gasteiger partial charge in [-0.2, -0.15) is 0 Å². The lowest BCUT2D eigenvalue weighted by Crippen LogP contribution is -2.05. The van der Waals surface area contributed by atoms with E-state index >= 15 is 0 Å². The molecule has 0 atom stereocenters. The zero-order valence-corrected chi connectivity index (χ0v) is 12.3. The summed E-state index contributed by atoms with van der Waals surface area (Å²) < 4.78 is 5.10. The Kier molecular flexibility index (Phi) is 5.00. The van der Waals surface area contributed by atoms with Gasteiger partial charge in [-0.05, 0) is 30.2 Å². The maximum atomic E-state index is 10.6. The van der Waals surface area contributed by atoms with Crippen LogP contribution >= 0.6 is 11.6 Å². The van der Waals surface area contributed by atoms with Crippen LogP contribution in [-0.4, -0.2) is 18.6 Å². The number of methoxy groups -OCH3 is 1. The van der Waals surface area contributed by atoms with Crippen LogP contribution in [0.15, 0.2) is 42.5 Å². The summed E-state index contributed by atoms with van der Waals surface area (Å²) in [4.78, 5) is 10.2. The second kappa shape index (κ2) is 6.95. The molecule has 0 unspecified atom stereocenters. The number of ether oxygens (including phenoxy) is 1. The molecule has 6 heteroatoms. The fraction of sp³-hybridized carbons (Fsp3) is 0.200. The number of hydrogen-bond donors (Lipinski definition) is 1. The summed E-state index contributed by atoms with van der Waals surface area (Å²) in [6, 6.07) is 12.2. The Morgan fingerprint density at radius 1 is 1.24 bits per heavy atom. The van der Waals surface area contributed by atoms with Crippen molar-refractivity contribution in [2.24, 2.45) is 0 Å². The van der Waals surface area contributed by atoms with Crippen LogP contribution in [0, 0.1) is 10.1 Å². The van der Waals surface area contributed by atoms with Gasteiger partial charge in [-0.25, -0.2) is 0 Å². The Balaban J connectivity index is 1.92. The van der Waals surface area contributed by atoms with E-state index in [0.29, 0.717) is 17.3 Å². The number of nitro groups is 1. The Morgan fingerprint density at radius 3 is 2.52 bits per heavy atom. The predicted molar refractivity (Wildman–Crippen MR) is 83.3 cm³/mol. The van der Waals surface area contributed by atoms with Crippen LogP contribution in [0.4, 0.5) is 11.4 Å². The number of halogens is 1. The minimum absolute atomic E-state index is 0.0132. The van der Waals surface area contributed by atoms with Crippen molar-refractivity contribution in [3.63, 3.8) is 0 Å². The third-order valence-corrected chi connectivity index (χ3v) is 3.36. The SMILES string of the molecule is COc1ccc(CCNc2ccc([N+](=O)[O-])cc2Cl)cc1. The number of non-ortho nitro benzene ring substituents is 1. The average Bonchev–Trinajstić information content (AvgIpc) is 2.49. The van der Waals surface area contributed by atoms with E-state index in [2.05, 4.69) is 5.32 Å². The van der Waals surface area contributed by atoms with Crippen LogP contribution in [-0.2, 0) is 6.42 Å². The summed E-state index contributed by atoms with van der Waals surface area (Å²) in [6.45, 7) is 0.684. The molecule has 0 fully saturated rings. The van der Waals surface area contributed by atoms with Crippen molar-refractivity contribution >= 4 is 23.0 Å². The van der Waals surface area contributed by atoms with Crippen molar-refractivity contribution < 1.29 is 9.66 Å². The summed E-state index contributed by atoms with van der Waals surface area (Å²) in [5.41, 5.74) is 1.85. The average molecular weight is 307 g/mol. The van der Waals surface area contributed by atoms with E-state index in [-0.39, 0.29) is 5.69 Å². The number of nitro benzene ring substituents is 1. The molecule has 0 aliphatic heterocycles. The predicted octanol–water partition coefficient (Wildman–Crippen LogP) is 3.91. The largest absolute Gasteiger partial charge is 0.497 e. The van der Waals surface area contributed by atoms with E-state index in [9.17, 15) is 10.1 Å². The standard InChI is InChI=1S/C15H15ClN2O3/c1-21-13-5-2-11(3-6-13)8-9-17-15-7-4-12(18(19)20)10-14(15)16/h2-7,10,17H,8-9H2,1H3. The minimum Gasteiger partial charge on any atom is -0.497 e. The number of hydrogen-bond acceptors (Lipinski definition) is 4. The van der Waals surface area contributed by atoms with Crippen molar-refractivity contribution in [3.05, 3.63) is 63.2 Å². The first-order valence-electron chi connectivity index (χ1n) is 6.41. The third kappa shape index (κ3) is 4.10. The summed E-state index contributed by atoms with van der Waals surface area (Å²) >= 11 is 6.01. The number of rotatable bonds is 6. The zero-order valence-electron chi connectivity index (χ0n) is 11.5. The maximum Gasteiger partial charge on any atom is 0.271 e. The van der Waals surface area contributed by atoms with Crippen LogP contribution in [0.1, 0.15) is 5.56 Å². The molecule has 0 aliphatic rings. The Labute approximate surface area is 127 Å². The number of anilines is 1. The maximum absolute atomic E-state index is 10.6. The van der Waals surface area contributed by atoms with Gasteiger partial charge in [0.2, 0.25) is 0 Å². The van der Waals surface area contributed by atoms with Gasteiger partial charge in [0.15, 0.2) is 0 Å². The Hall–Kier alpha value is -2.27. The van der Waals surface area contributed by atoms with Crippen LogP contribution in [0.25, 0.3) is 0 Å². The summed E-state index contributed by atoms with van der Waals surface area (Å²) in [5.74, 6) is 0.824. The van der Waals surface area contributed by atoms with Crippen LogP contribution in [0.2, 0.25) is 5.02 Å². The number of nitrogens with one attached hydrogen (secondary N) is 1. The first-order valence-corrected chi connectivity index (χ1v) is 6.78. The van der Waals surface area contributed by atoms with Crippen molar-refractivity contribution in [1.82, 2.24) is 0 Å². The highest BCUT2D eigenvalue weighted by Crippen LogP contribution is 2.26. The molecule has 0 aromatic heterocycles. The molecule has 0 heterocycles. The van der Waals surface area contributed by atoms with Crippen molar-refractivity contribution in [3.8, 4) is 5.75 Å². The van der Waals surface area contributed by atoms with Gasteiger partial charge >= 0.3 is 0 Å². The molecule has 0 radical (unpaired) electrons. The van der Waals surface area contributed by atoms with Gasteiger partial charge in [-0.3, -0.25) is 10.1 Å². The lowest BCUT2D eigenvalue weighted by molar-refractivity contribution is -0.384. The fourth-order valence-corrected chi connectivity index (χ4v) is 2.14. The molecule has 0 bridgehead atoms.